The molecule has 3 aromatic rings. The smallest absolute Gasteiger partial charge is 0.280 e. The van der Waals surface area contributed by atoms with Gasteiger partial charge >= 0.3 is 0 Å². The molecule has 0 fully saturated rings. The minimum absolute atomic E-state index is 0.0346. The standard InChI is InChI=1S/C14H14N6O.C2H6/c1-8-2-4-9(5-3-8)16-6-10-7-17-12-11(18-10)13(21)20-14(15)19-12;1-2/h2-5,7,16H,6H2,1H3,(H3,15,17,19,20,21);1-2H3. The summed E-state index contributed by atoms with van der Waals surface area (Å²) in [6.07, 6.45) is 1.58. The molecule has 7 heteroatoms. The zero-order valence-electron chi connectivity index (χ0n) is 13.4. The number of nitrogens with zero attached hydrogens (tertiary/aromatic N) is 3. The molecule has 0 spiro atoms. The number of nitrogen functional groups attached to an aromatic ring is 1. The fourth-order valence-electron chi connectivity index (χ4n) is 1.92. The predicted octanol–water partition coefficient (Wildman–Crippen LogP) is 2.24. The summed E-state index contributed by atoms with van der Waals surface area (Å²) in [5.74, 6) is 0.0346. The van der Waals surface area contributed by atoms with E-state index in [1.807, 2.05) is 45.0 Å². The van der Waals surface area contributed by atoms with Crippen molar-refractivity contribution >= 4 is 22.8 Å². The maximum Gasteiger partial charge on any atom is 0.280 e. The number of aromatic amines is 1. The third-order valence-electron chi connectivity index (χ3n) is 3.01. The molecule has 0 aliphatic rings. The molecule has 0 bridgehead atoms. The summed E-state index contributed by atoms with van der Waals surface area (Å²) in [6, 6.07) is 8.01. The normalized spacial score (nSPS) is 10.0. The van der Waals surface area contributed by atoms with Crippen LogP contribution in [0.15, 0.2) is 35.3 Å². The molecule has 0 radical (unpaired) electrons. The van der Waals surface area contributed by atoms with E-state index in [4.69, 9.17) is 5.73 Å². The summed E-state index contributed by atoms with van der Waals surface area (Å²) in [5.41, 5.74) is 8.34. The minimum atomic E-state index is -0.387. The predicted molar refractivity (Wildman–Crippen MR) is 92.2 cm³/mol. The van der Waals surface area contributed by atoms with Crippen LogP contribution in [0, 0.1) is 6.92 Å². The number of aryl methyl sites for hydroxylation is 1. The second kappa shape index (κ2) is 7.35. The van der Waals surface area contributed by atoms with E-state index in [9.17, 15) is 4.79 Å². The van der Waals surface area contributed by atoms with E-state index in [2.05, 4.69) is 25.3 Å². The Morgan fingerprint density at radius 2 is 1.87 bits per heavy atom. The molecular weight excluding hydrogens is 292 g/mol. The van der Waals surface area contributed by atoms with Gasteiger partial charge in [-0.05, 0) is 19.1 Å². The number of fused-ring (bicyclic) bond motifs is 1. The molecule has 0 aliphatic heterocycles. The molecule has 0 saturated carbocycles. The molecule has 1 aromatic carbocycles. The highest BCUT2D eigenvalue weighted by Gasteiger charge is 2.06. The fraction of sp³-hybridized carbons (Fsp3) is 0.250. The lowest BCUT2D eigenvalue weighted by Gasteiger charge is -2.06. The SMILES string of the molecule is CC.Cc1ccc(NCc2cnc3nc(N)[nH]c(=O)c3n2)cc1. The van der Waals surface area contributed by atoms with E-state index in [0.29, 0.717) is 12.2 Å². The largest absolute Gasteiger partial charge is 0.379 e. The third-order valence-corrected chi connectivity index (χ3v) is 3.01. The highest BCUT2D eigenvalue weighted by atomic mass is 16.1. The van der Waals surface area contributed by atoms with Crippen LogP contribution in [-0.4, -0.2) is 19.9 Å². The van der Waals surface area contributed by atoms with Gasteiger partial charge in [-0.2, -0.15) is 4.98 Å². The fourth-order valence-corrected chi connectivity index (χ4v) is 1.92. The molecule has 0 amide bonds. The lowest BCUT2D eigenvalue weighted by atomic mass is 10.2. The average molecular weight is 312 g/mol. The lowest BCUT2D eigenvalue weighted by molar-refractivity contribution is 1.02. The second-order valence-electron chi connectivity index (χ2n) is 4.70. The molecule has 23 heavy (non-hydrogen) atoms. The number of rotatable bonds is 3. The van der Waals surface area contributed by atoms with Gasteiger partial charge in [0.2, 0.25) is 5.95 Å². The van der Waals surface area contributed by atoms with E-state index >= 15 is 0 Å². The first-order chi connectivity index (χ1) is 11.1. The molecule has 2 aromatic heterocycles. The quantitative estimate of drug-likeness (QED) is 0.684. The van der Waals surface area contributed by atoms with Gasteiger partial charge in [0.1, 0.15) is 0 Å². The Hall–Kier alpha value is -2.96. The number of benzene rings is 1. The summed E-state index contributed by atoms with van der Waals surface area (Å²) < 4.78 is 0. The van der Waals surface area contributed by atoms with Gasteiger partial charge in [0.25, 0.3) is 5.56 Å². The van der Waals surface area contributed by atoms with Gasteiger partial charge in [-0.25, -0.2) is 9.97 Å². The highest BCUT2D eigenvalue weighted by molar-refractivity contribution is 5.69. The van der Waals surface area contributed by atoms with Crippen molar-refractivity contribution in [1.29, 1.82) is 0 Å². The maximum absolute atomic E-state index is 11.8. The summed E-state index contributed by atoms with van der Waals surface area (Å²) >= 11 is 0. The van der Waals surface area contributed by atoms with Crippen LogP contribution in [0.3, 0.4) is 0 Å². The number of anilines is 2. The number of hydrogen-bond donors (Lipinski definition) is 3. The van der Waals surface area contributed by atoms with Crippen LogP contribution in [0.25, 0.3) is 11.2 Å². The van der Waals surface area contributed by atoms with Gasteiger partial charge in [0.05, 0.1) is 18.4 Å². The van der Waals surface area contributed by atoms with Crippen LogP contribution in [-0.2, 0) is 6.54 Å². The molecule has 4 N–H and O–H groups in total. The van der Waals surface area contributed by atoms with Crippen molar-refractivity contribution in [2.45, 2.75) is 27.3 Å². The number of nitrogens with two attached hydrogens (primary N) is 1. The first-order valence-electron chi connectivity index (χ1n) is 7.44. The maximum atomic E-state index is 11.8. The topological polar surface area (TPSA) is 110 Å². The van der Waals surface area contributed by atoms with Crippen molar-refractivity contribution < 1.29 is 0 Å². The Bertz CT molecular complexity index is 841. The number of nitrogens with one attached hydrogen (secondary N) is 2. The molecule has 7 nitrogen and oxygen atoms in total. The Morgan fingerprint density at radius 1 is 1.17 bits per heavy atom. The zero-order valence-corrected chi connectivity index (χ0v) is 13.4. The third kappa shape index (κ3) is 4.03. The Labute approximate surface area is 134 Å². The lowest BCUT2D eigenvalue weighted by Crippen LogP contribution is -2.15. The summed E-state index contributed by atoms with van der Waals surface area (Å²) in [4.78, 5) is 26.5. The van der Waals surface area contributed by atoms with Gasteiger partial charge in [-0.1, -0.05) is 31.5 Å². The van der Waals surface area contributed by atoms with Crippen molar-refractivity contribution in [2.24, 2.45) is 0 Å². The van der Waals surface area contributed by atoms with Crippen LogP contribution in [0.5, 0.6) is 0 Å². The van der Waals surface area contributed by atoms with Gasteiger partial charge in [0, 0.05) is 5.69 Å². The van der Waals surface area contributed by atoms with Crippen molar-refractivity contribution in [3.63, 3.8) is 0 Å². The van der Waals surface area contributed by atoms with E-state index in [1.54, 1.807) is 6.20 Å². The van der Waals surface area contributed by atoms with Crippen molar-refractivity contribution in [1.82, 2.24) is 19.9 Å². The first-order valence-corrected chi connectivity index (χ1v) is 7.44. The molecule has 0 unspecified atom stereocenters. The molecule has 120 valence electrons. The number of aromatic nitrogens is 4. The van der Waals surface area contributed by atoms with Crippen molar-refractivity contribution in [2.75, 3.05) is 11.1 Å². The summed E-state index contributed by atoms with van der Waals surface area (Å²) in [6.45, 7) is 6.50. The number of H-pyrrole nitrogens is 1. The van der Waals surface area contributed by atoms with E-state index in [-0.39, 0.29) is 22.7 Å². The molecule has 2 heterocycles. The van der Waals surface area contributed by atoms with E-state index in [1.165, 1.54) is 5.56 Å². The Morgan fingerprint density at radius 3 is 2.57 bits per heavy atom. The van der Waals surface area contributed by atoms with Gasteiger partial charge in [0.15, 0.2) is 11.2 Å². The second-order valence-corrected chi connectivity index (χ2v) is 4.70. The molecular formula is C16H20N6O. The molecule has 0 saturated heterocycles. The molecule has 0 atom stereocenters. The Balaban J connectivity index is 0.000000924. The van der Waals surface area contributed by atoms with Crippen LogP contribution in [0.1, 0.15) is 25.1 Å². The minimum Gasteiger partial charge on any atom is -0.379 e. The zero-order chi connectivity index (χ0) is 16.8. The van der Waals surface area contributed by atoms with Crippen LogP contribution in [0.4, 0.5) is 11.6 Å². The monoisotopic (exact) mass is 312 g/mol. The van der Waals surface area contributed by atoms with Gasteiger partial charge in [-0.15, -0.1) is 0 Å². The van der Waals surface area contributed by atoms with Gasteiger partial charge < -0.3 is 11.1 Å². The average Bonchev–Trinajstić information content (AvgIpc) is 2.56. The van der Waals surface area contributed by atoms with Crippen molar-refractivity contribution in [3.05, 3.63) is 52.1 Å². The molecule has 0 aliphatic carbocycles. The molecule has 3 rings (SSSR count). The van der Waals surface area contributed by atoms with E-state index in [0.717, 1.165) is 5.69 Å². The van der Waals surface area contributed by atoms with Crippen LogP contribution in [0.2, 0.25) is 0 Å². The van der Waals surface area contributed by atoms with Crippen LogP contribution < -0.4 is 16.6 Å². The van der Waals surface area contributed by atoms with Crippen LogP contribution >= 0.6 is 0 Å². The summed E-state index contributed by atoms with van der Waals surface area (Å²) in [7, 11) is 0. The van der Waals surface area contributed by atoms with E-state index < -0.39 is 0 Å². The highest BCUT2D eigenvalue weighted by Crippen LogP contribution is 2.10. The Kier molecular flexibility index (Phi) is 5.24. The number of hydrogen-bond acceptors (Lipinski definition) is 6. The first kappa shape index (κ1) is 16.4. The summed E-state index contributed by atoms with van der Waals surface area (Å²) in [5, 5.41) is 3.22. The van der Waals surface area contributed by atoms with Crippen molar-refractivity contribution in [3.8, 4) is 0 Å². The van der Waals surface area contributed by atoms with Gasteiger partial charge in [-0.3, -0.25) is 9.78 Å².